The molecule has 1 fully saturated rings. The van der Waals surface area contributed by atoms with Gasteiger partial charge in [0.2, 0.25) is 0 Å². The number of guanidine groups is 1. The van der Waals surface area contributed by atoms with Crippen molar-refractivity contribution in [3.05, 3.63) is 0 Å². The lowest BCUT2D eigenvalue weighted by Crippen LogP contribution is -2.47. The van der Waals surface area contributed by atoms with Crippen LogP contribution in [0.25, 0.3) is 0 Å². The Labute approximate surface area is 80.4 Å². The van der Waals surface area contributed by atoms with Gasteiger partial charge in [0, 0.05) is 33.2 Å². The molecule has 0 bridgehead atoms. The molecule has 0 amide bonds. The Morgan fingerprint density at radius 1 is 1.00 bits per heavy atom. The standard InChI is InChI=1S/C10H19N3/c1-12-7-5-6-11-10(12)13-8-3-2-4-9-13/h2-9H2,1H3. The SMILES string of the molecule is CN1CCCN=C1N1CCCCC1. The van der Waals surface area contributed by atoms with Gasteiger partial charge in [-0.3, -0.25) is 4.99 Å². The van der Waals surface area contributed by atoms with Gasteiger partial charge in [-0.25, -0.2) is 0 Å². The van der Waals surface area contributed by atoms with Crippen molar-refractivity contribution in [3.8, 4) is 0 Å². The summed E-state index contributed by atoms with van der Waals surface area (Å²) in [6.07, 6.45) is 5.29. The molecule has 3 heteroatoms. The molecule has 2 aliphatic rings. The summed E-state index contributed by atoms with van der Waals surface area (Å²) in [5, 5.41) is 0. The zero-order chi connectivity index (χ0) is 9.10. The van der Waals surface area contributed by atoms with E-state index in [2.05, 4.69) is 21.8 Å². The van der Waals surface area contributed by atoms with E-state index in [9.17, 15) is 0 Å². The van der Waals surface area contributed by atoms with Crippen molar-refractivity contribution >= 4 is 5.96 Å². The second-order valence-electron chi connectivity index (χ2n) is 4.00. The van der Waals surface area contributed by atoms with E-state index in [4.69, 9.17) is 0 Å². The smallest absolute Gasteiger partial charge is 0.196 e. The molecule has 0 unspecified atom stereocenters. The summed E-state index contributed by atoms with van der Waals surface area (Å²) in [6, 6.07) is 0. The summed E-state index contributed by atoms with van der Waals surface area (Å²) >= 11 is 0. The summed E-state index contributed by atoms with van der Waals surface area (Å²) in [5.74, 6) is 1.24. The highest BCUT2D eigenvalue weighted by Crippen LogP contribution is 2.12. The molecule has 0 aliphatic carbocycles. The lowest BCUT2D eigenvalue weighted by molar-refractivity contribution is 0.287. The molecular formula is C10H19N3. The third-order valence-corrected chi connectivity index (χ3v) is 2.89. The number of likely N-dealkylation sites (tertiary alicyclic amines) is 1. The second kappa shape index (κ2) is 3.99. The molecule has 3 nitrogen and oxygen atoms in total. The van der Waals surface area contributed by atoms with Gasteiger partial charge in [0.1, 0.15) is 0 Å². The van der Waals surface area contributed by atoms with Gasteiger partial charge >= 0.3 is 0 Å². The van der Waals surface area contributed by atoms with Gasteiger partial charge in [0.15, 0.2) is 5.96 Å². The van der Waals surface area contributed by atoms with E-state index in [1.165, 1.54) is 51.3 Å². The van der Waals surface area contributed by atoms with Gasteiger partial charge in [0.05, 0.1) is 0 Å². The lowest BCUT2D eigenvalue weighted by Gasteiger charge is -2.36. The molecule has 0 radical (unpaired) electrons. The fourth-order valence-electron chi connectivity index (χ4n) is 2.14. The first kappa shape index (κ1) is 8.85. The van der Waals surface area contributed by atoms with Crippen molar-refractivity contribution < 1.29 is 0 Å². The molecule has 2 aliphatic heterocycles. The number of hydrogen-bond acceptors (Lipinski definition) is 3. The third kappa shape index (κ3) is 1.95. The number of aliphatic imine (C=N–C) groups is 1. The number of nitrogens with zero attached hydrogens (tertiary/aromatic N) is 3. The maximum atomic E-state index is 4.60. The van der Waals surface area contributed by atoms with Crippen LogP contribution in [0.2, 0.25) is 0 Å². The van der Waals surface area contributed by atoms with E-state index in [1.54, 1.807) is 0 Å². The van der Waals surface area contributed by atoms with Crippen LogP contribution in [0.4, 0.5) is 0 Å². The van der Waals surface area contributed by atoms with E-state index in [-0.39, 0.29) is 0 Å². The third-order valence-electron chi connectivity index (χ3n) is 2.89. The summed E-state index contributed by atoms with van der Waals surface area (Å²) in [6.45, 7) is 4.62. The van der Waals surface area contributed by atoms with Crippen molar-refractivity contribution in [2.75, 3.05) is 33.2 Å². The van der Waals surface area contributed by atoms with E-state index in [0.717, 1.165) is 6.54 Å². The first-order valence-corrected chi connectivity index (χ1v) is 5.38. The Bertz CT molecular complexity index is 194. The van der Waals surface area contributed by atoms with Crippen LogP contribution >= 0.6 is 0 Å². The monoisotopic (exact) mass is 181 g/mol. The fourth-order valence-corrected chi connectivity index (χ4v) is 2.14. The highest BCUT2D eigenvalue weighted by molar-refractivity contribution is 5.80. The largest absolute Gasteiger partial charge is 0.346 e. The van der Waals surface area contributed by atoms with Crippen LogP contribution in [0.3, 0.4) is 0 Å². The summed E-state index contributed by atoms with van der Waals surface area (Å²) in [4.78, 5) is 9.35. The normalized spacial score (nSPS) is 24.5. The molecule has 0 aromatic rings. The molecule has 74 valence electrons. The van der Waals surface area contributed by atoms with E-state index < -0.39 is 0 Å². The Hall–Kier alpha value is -0.730. The first-order valence-electron chi connectivity index (χ1n) is 5.38. The van der Waals surface area contributed by atoms with E-state index >= 15 is 0 Å². The maximum absolute atomic E-state index is 4.60. The minimum Gasteiger partial charge on any atom is -0.346 e. The first-order chi connectivity index (χ1) is 6.38. The summed E-state index contributed by atoms with van der Waals surface area (Å²) in [5.41, 5.74) is 0. The zero-order valence-corrected chi connectivity index (χ0v) is 8.50. The Kier molecular flexibility index (Phi) is 2.71. The highest BCUT2D eigenvalue weighted by atomic mass is 15.4. The zero-order valence-electron chi connectivity index (χ0n) is 8.50. The molecule has 2 rings (SSSR count). The molecule has 0 saturated carbocycles. The van der Waals surface area contributed by atoms with Crippen molar-refractivity contribution in [1.82, 2.24) is 9.80 Å². The predicted octanol–water partition coefficient (Wildman–Crippen LogP) is 1.16. The maximum Gasteiger partial charge on any atom is 0.196 e. The second-order valence-corrected chi connectivity index (χ2v) is 4.00. The average Bonchev–Trinajstić information content (AvgIpc) is 2.20. The highest BCUT2D eigenvalue weighted by Gasteiger charge is 2.19. The average molecular weight is 181 g/mol. The van der Waals surface area contributed by atoms with Crippen molar-refractivity contribution in [3.63, 3.8) is 0 Å². The minimum absolute atomic E-state index is 1.02. The van der Waals surface area contributed by atoms with Crippen molar-refractivity contribution in [2.24, 2.45) is 4.99 Å². The molecule has 0 aromatic heterocycles. The van der Waals surface area contributed by atoms with Crippen LogP contribution in [0.15, 0.2) is 4.99 Å². The van der Waals surface area contributed by atoms with Crippen LogP contribution < -0.4 is 0 Å². The van der Waals surface area contributed by atoms with Crippen LogP contribution in [0, 0.1) is 0 Å². The van der Waals surface area contributed by atoms with E-state index in [1.807, 2.05) is 0 Å². The van der Waals surface area contributed by atoms with Crippen LogP contribution in [0.5, 0.6) is 0 Å². The van der Waals surface area contributed by atoms with Gasteiger partial charge in [-0.1, -0.05) is 0 Å². The van der Waals surface area contributed by atoms with Crippen LogP contribution in [0.1, 0.15) is 25.7 Å². The fraction of sp³-hybridized carbons (Fsp3) is 0.900. The summed E-state index contributed by atoms with van der Waals surface area (Å²) in [7, 11) is 2.16. The van der Waals surface area contributed by atoms with Gasteiger partial charge in [-0.2, -0.15) is 0 Å². The topological polar surface area (TPSA) is 18.8 Å². The number of rotatable bonds is 0. The van der Waals surface area contributed by atoms with Crippen molar-refractivity contribution in [1.29, 1.82) is 0 Å². The van der Waals surface area contributed by atoms with Crippen LogP contribution in [-0.2, 0) is 0 Å². The molecule has 2 heterocycles. The van der Waals surface area contributed by atoms with Gasteiger partial charge < -0.3 is 9.80 Å². The predicted molar refractivity (Wildman–Crippen MR) is 55.0 cm³/mol. The van der Waals surface area contributed by atoms with Gasteiger partial charge in [-0.05, 0) is 25.7 Å². The number of hydrogen-bond donors (Lipinski definition) is 0. The quantitative estimate of drug-likeness (QED) is 0.558. The van der Waals surface area contributed by atoms with E-state index in [0.29, 0.717) is 0 Å². The molecular weight excluding hydrogens is 162 g/mol. The molecule has 13 heavy (non-hydrogen) atoms. The lowest BCUT2D eigenvalue weighted by atomic mass is 10.1. The molecule has 0 aromatic carbocycles. The molecule has 1 saturated heterocycles. The molecule has 0 spiro atoms. The Balaban J connectivity index is 2.00. The van der Waals surface area contributed by atoms with Gasteiger partial charge in [-0.15, -0.1) is 0 Å². The van der Waals surface area contributed by atoms with Crippen molar-refractivity contribution in [2.45, 2.75) is 25.7 Å². The van der Waals surface area contributed by atoms with Gasteiger partial charge in [0.25, 0.3) is 0 Å². The van der Waals surface area contributed by atoms with Crippen LogP contribution in [-0.4, -0.2) is 49.0 Å². The Morgan fingerprint density at radius 3 is 2.46 bits per heavy atom. The Morgan fingerprint density at radius 2 is 1.77 bits per heavy atom. The number of piperidine rings is 1. The summed E-state index contributed by atoms with van der Waals surface area (Å²) < 4.78 is 0. The molecule has 0 atom stereocenters. The molecule has 0 N–H and O–H groups in total. The minimum atomic E-state index is 1.02.